The molecular weight excluding hydrogens is 271 g/mol. The Morgan fingerprint density at radius 3 is 2.33 bits per heavy atom. The second kappa shape index (κ2) is 7.19. The van der Waals surface area contributed by atoms with Gasteiger partial charge in [-0.3, -0.25) is 9.59 Å². The molecule has 2 aromatic rings. The number of rotatable bonds is 7. The predicted molar refractivity (Wildman–Crippen MR) is 79.6 cm³/mol. The van der Waals surface area contributed by atoms with Gasteiger partial charge in [-0.05, 0) is 48.2 Å². The van der Waals surface area contributed by atoms with Gasteiger partial charge in [0.1, 0.15) is 5.82 Å². The van der Waals surface area contributed by atoms with Crippen LogP contribution in [-0.2, 0) is 22.4 Å². The number of anilines is 2. The number of carbonyl (C=O) groups is 2. The summed E-state index contributed by atoms with van der Waals surface area (Å²) < 4.78 is 13.4. The number of hydrogen-bond donors (Lipinski definition) is 2. The molecule has 21 heavy (non-hydrogen) atoms. The standard InChI is InChI=1S/C16H15FN2O2/c17-15-7-6-13(9-16(15)19-11-21)5-4-12-2-1-3-14(8-12)18-10-20/h1-3,6-11H,4-5H2,(H,18,20)(H,19,21). The second-order valence-corrected chi connectivity index (χ2v) is 4.54. The van der Waals surface area contributed by atoms with Gasteiger partial charge in [-0.1, -0.05) is 18.2 Å². The van der Waals surface area contributed by atoms with Gasteiger partial charge in [0.25, 0.3) is 0 Å². The quantitative estimate of drug-likeness (QED) is 0.769. The van der Waals surface area contributed by atoms with Gasteiger partial charge < -0.3 is 10.6 Å². The van der Waals surface area contributed by atoms with Crippen molar-refractivity contribution in [2.24, 2.45) is 0 Å². The summed E-state index contributed by atoms with van der Waals surface area (Å²) >= 11 is 0. The number of carbonyl (C=O) groups excluding carboxylic acids is 2. The first kappa shape index (κ1) is 14.7. The van der Waals surface area contributed by atoms with Crippen LogP contribution in [0.5, 0.6) is 0 Å². The van der Waals surface area contributed by atoms with Crippen LogP contribution in [0.15, 0.2) is 42.5 Å². The van der Waals surface area contributed by atoms with Crippen LogP contribution in [-0.4, -0.2) is 12.8 Å². The van der Waals surface area contributed by atoms with Crippen molar-refractivity contribution in [3.05, 3.63) is 59.4 Å². The van der Waals surface area contributed by atoms with Gasteiger partial charge in [0, 0.05) is 5.69 Å². The minimum atomic E-state index is -0.456. The van der Waals surface area contributed by atoms with E-state index in [0.717, 1.165) is 23.2 Å². The largest absolute Gasteiger partial charge is 0.329 e. The molecule has 0 aliphatic rings. The van der Waals surface area contributed by atoms with E-state index in [0.29, 0.717) is 19.2 Å². The Labute approximate surface area is 122 Å². The number of amides is 2. The van der Waals surface area contributed by atoms with Crippen LogP contribution in [0.4, 0.5) is 15.8 Å². The maximum atomic E-state index is 13.4. The van der Waals surface area contributed by atoms with Crippen molar-refractivity contribution in [3.8, 4) is 0 Å². The Kier molecular flexibility index (Phi) is 5.04. The normalized spacial score (nSPS) is 9.95. The molecule has 2 aromatic carbocycles. The fourth-order valence-electron chi connectivity index (χ4n) is 2.08. The third kappa shape index (κ3) is 4.14. The van der Waals surface area contributed by atoms with Crippen LogP contribution >= 0.6 is 0 Å². The molecule has 0 fully saturated rings. The Morgan fingerprint density at radius 1 is 0.905 bits per heavy atom. The van der Waals surface area contributed by atoms with E-state index >= 15 is 0 Å². The smallest absolute Gasteiger partial charge is 0.211 e. The zero-order valence-corrected chi connectivity index (χ0v) is 11.3. The molecule has 5 heteroatoms. The van der Waals surface area contributed by atoms with Crippen LogP contribution in [0.2, 0.25) is 0 Å². The van der Waals surface area contributed by atoms with Gasteiger partial charge in [0.05, 0.1) is 5.69 Å². The van der Waals surface area contributed by atoms with E-state index < -0.39 is 5.82 Å². The molecule has 4 nitrogen and oxygen atoms in total. The van der Waals surface area contributed by atoms with Crippen molar-refractivity contribution in [1.29, 1.82) is 0 Å². The van der Waals surface area contributed by atoms with E-state index in [1.165, 1.54) is 6.07 Å². The van der Waals surface area contributed by atoms with Crippen molar-refractivity contribution < 1.29 is 14.0 Å². The predicted octanol–water partition coefficient (Wildman–Crippen LogP) is 2.75. The molecule has 2 rings (SSSR count). The summed E-state index contributed by atoms with van der Waals surface area (Å²) in [7, 11) is 0. The van der Waals surface area contributed by atoms with E-state index in [9.17, 15) is 14.0 Å². The van der Waals surface area contributed by atoms with Crippen molar-refractivity contribution in [3.63, 3.8) is 0 Å². The van der Waals surface area contributed by atoms with E-state index in [4.69, 9.17) is 0 Å². The summed E-state index contributed by atoms with van der Waals surface area (Å²) in [4.78, 5) is 20.8. The van der Waals surface area contributed by atoms with Crippen molar-refractivity contribution in [2.75, 3.05) is 10.6 Å². The van der Waals surface area contributed by atoms with E-state index in [-0.39, 0.29) is 5.69 Å². The second-order valence-electron chi connectivity index (χ2n) is 4.54. The number of hydrogen-bond acceptors (Lipinski definition) is 2. The fraction of sp³-hybridized carbons (Fsp3) is 0.125. The van der Waals surface area contributed by atoms with Gasteiger partial charge in [-0.15, -0.1) is 0 Å². The molecule has 0 saturated carbocycles. The molecule has 0 atom stereocenters. The van der Waals surface area contributed by atoms with Crippen LogP contribution < -0.4 is 10.6 Å². The molecule has 0 spiro atoms. The third-order valence-electron chi connectivity index (χ3n) is 3.10. The summed E-state index contributed by atoms with van der Waals surface area (Å²) in [6.07, 6.45) is 2.55. The molecular formula is C16H15FN2O2. The van der Waals surface area contributed by atoms with Gasteiger partial charge in [0.2, 0.25) is 12.8 Å². The van der Waals surface area contributed by atoms with Crippen molar-refractivity contribution >= 4 is 24.2 Å². The van der Waals surface area contributed by atoms with Crippen LogP contribution in [0.25, 0.3) is 0 Å². The maximum absolute atomic E-state index is 13.4. The number of aryl methyl sites for hydroxylation is 2. The van der Waals surface area contributed by atoms with Gasteiger partial charge in [-0.25, -0.2) is 4.39 Å². The van der Waals surface area contributed by atoms with E-state index in [1.54, 1.807) is 12.1 Å². The first-order valence-electron chi connectivity index (χ1n) is 6.50. The topological polar surface area (TPSA) is 58.2 Å². The summed E-state index contributed by atoms with van der Waals surface area (Å²) in [6.45, 7) is 0. The minimum absolute atomic E-state index is 0.180. The summed E-state index contributed by atoms with van der Waals surface area (Å²) in [5.74, 6) is -0.456. The minimum Gasteiger partial charge on any atom is -0.329 e. The summed E-state index contributed by atoms with van der Waals surface area (Å²) in [5.41, 5.74) is 2.91. The number of benzene rings is 2. The molecule has 0 saturated heterocycles. The Balaban J connectivity index is 2.05. The third-order valence-corrected chi connectivity index (χ3v) is 3.10. The zero-order valence-electron chi connectivity index (χ0n) is 11.3. The lowest BCUT2D eigenvalue weighted by molar-refractivity contribution is -0.106. The molecule has 0 bridgehead atoms. The van der Waals surface area contributed by atoms with Crippen LogP contribution in [0.1, 0.15) is 11.1 Å². The first-order valence-corrected chi connectivity index (χ1v) is 6.50. The molecule has 108 valence electrons. The summed E-state index contributed by atoms with van der Waals surface area (Å²) in [5, 5.41) is 4.94. The van der Waals surface area contributed by atoms with Crippen LogP contribution in [0.3, 0.4) is 0 Å². The lowest BCUT2D eigenvalue weighted by Gasteiger charge is -2.07. The highest BCUT2D eigenvalue weighted by Gasteiger charge is 2.03. The maximum Gasteiger partial charge on any atom is 0.211 e. The molecule has 0 radical (unpaired) electrons. The molecule has 2 amide bonds. The lowest BCUT2D eigenvalue weighted by Crippen LogP contribution is -2.00. The monoisotopic (exact) mass is 286 g/mol. The average Bonchev–Trinajstić information content (AvgIpc) is 2.49. The van der Waals surface area contributed by atoms with E-state index in [1.807, 2.05) is 24.3 Å². The molecule has 0 aliphatic carbocycles. The Morgan fingerprint density at radius 2 is 1.62 bits per heavy atom. The van der Waals surface area contributed by atoms with Crippen LogP contribution in [0, 0.1) is 5.82 Å². The average molecular weight is 286 g/mol. The number of nitrogens with one attached hydrogen (secondary N) is 2. The number of halogens is 1. The molecule has 0 aliphatic heterocycles. The first-order chi connectivity index (χ1) is 10.2. The van der Waals surface area contributed by atoms with Crippen molar-refractivity contribution in [1.82, 2.24) is 0 Å². The highest BCUT2D eigenvalue weighted by Crippen LogP contribution is 2.18. The van der Waals surface area contributed by atoms with Gasteiger partial charge >= 0.3 is 0 Å². The van der Waals surface area contributed by atoms with Crippen molar-refractivity contribution in [2.45, 2.75) is 12.8 Å². The highest BCUT2D eigenvalue weighted by atomic mass is 19.1. The van der Waals surface area contributed by atoms with Gasteiger partial charge in [0.15, 0.2) is 0 Å². The zero-order chi connectivity index (χ0) is 15.1. The molecule has 2 N–H and O–H groups in total. The molecule has 0 unspecified atom stereocenters. The molecule has 0 heterocycles. The SMILES string of the molecule is O=CNc1cccc(CCc2ccc(F)c(NC=O)c2)c1. The molecule has 0 aromatic heterocycles. The van der Waals surface area contributed by atoms with E-state index in [2.05, 4.69) is 10.6 Å². The Hall–Kier alpha value is -2.69. The fourth-order valence-corrected chi connectivity index (χ4v) is 2.08. The summed E-state index contributed by atoms with van der Waals surface area (Å²) in [6, 6.07) is 12.2. The lowest BCUT2D eigenvalue weighted by atomic mass is 10.0. The van der Waals surface area contributed by atoms with Gasteiger partial charge in [-0.2, -0.15) is 0 Å². The highest BCUT2D eigenvalue weighted by molar-refractivity contribution is 5.72. The Bertz CT molecular complexity index is 644.